The summed E-state index contributed by atoms with van der Waals surface area (Å²) in [4.78, 5) is 0. The van der Waals surface area contributed by atoms with Gasteiger partial charge in [0, 0.05) is 10.8 Å². The molecule has 2 nitrogen and oxygen atoms in total. The van der Waals surface area contributed by atoms with Crippen LogP contribution in [0.25, 0.3) is 77.2 Å². The zero-order valence-electron chi connectivity index (χ0n) is 30.8. The summed E-state index contributed by atoms with van der Waals surface area (Å²) in [6.45, 7) is 9.11. The Morgan fingerprint density at radius 3 is 1.31 bits per heavy atom. The van der Waals surface area contributed by atoms with Crippen molar-refractivity contribution in [2.75, 3.05) is 0 Å². The van der Waals surface area contributed by atoms with Crippen LogP contribution in [-0.4, -0.2) is 0 Å². The molecule has 8 aromatic rings. The van der Waals surface area contributed by atoms with Crippen molar-refractivity contribution >= 4 is 21.5 Å². The summed E-state index contributed by atoms with van der Waals surface area (Å²) in [5.74, 6) is 0. The molecule has 254 valence electrons. The third-order valence-electron chi connectivity index (χ3n) is 12.3. The molecule has 0 unspecified atom stereocenters. The van der Waals surface area contributed by atoms with E-state index in [0.29, 0.717) is 11.1 Å². The molecule has 2 aliphatic carbocycles. The van der Waals surface area contributed by atoms with Crippen molar-refractivity contribution in [3.63, 3.8) is 0 Å². The molecule has 0 aromatic heterocycles. The van der Waals surface area contributed by atoms with Crippen molar-refractivity contribution in [1.29, 1.82) is 10.5 Å². The van der Waals surface area contributed by atoms with Gasteiger partial charge in [-0.25, -0.2) is 0 Å². The van der Waals surface area contributed by atoms with Crippen molar-refractivity contribution in [2.45, 2.75) is 38.5 Å². The zero-order chi connectivity index (χ0) is 36.9. The summed E-state index contributed by atoms with van der Waals surface area (Å²) in [6.07, 6.45) is 0. The zero-order valence-corrected chi connectivity index (χ0v) is 30.8. The molecule has 0 bridgehead atoms. The van der Waals surface area contributed by atoms with Crippen LogP contribution in [0.15, 0.2) is 146 Å². The molecular formula is C52H36N2. The van der Waals surface area contributed by atoms with E-state index in [4.69, 9.17) is 0 Å². The minimum atomic E-state index is -0.253. The lowest BCUT2D eigenvalue weighted by Gasteiger charge is -2.23. The lowest BCUT2D eigenvalue weighted by molar-refractivity contribution is 0.660. The predicted molar refractivity (Wildman–Crippen MR) is 222 cm³/mol. The van der Waals surface area contributed by atoms with Crippen LogP contribution in [0, 0.1) is 22.7 Å². The molecule has 54 heavy (non-hydrogen) atoms. The maximum atomic E-state index is 9.73. The van der Waals surface area contributed by atoms with Crippen LogP contribution < -0.4 is 0 Å². The monoisotopic (exact) mass is 688 g/mol. The fourth-order valence-corrected chi connectivity index (χ4v) is 9.53. The van der Waals surface area contributed by atoms with Crippen molar-refractivity contribution in [2.24, 2.45) is 0 Å². The number of hydrogen-bond donors (Lipinski definition) is 0. The Hall–Kier alpha value is -6.74. The topological polar surface area (TPSA) is 47.6 Å². The van der Waals surface area contributed by atoms with Gasteiger partial charge in [-0.1, -0.05) is 131 Å². The Bertz CT molecular complexity index is 3000. The van der Waals surface area contributed by atoms with Gasteiger partial charge in [-0.05, 0) is 142 Å². The number of nitriles is 2. The highest BCUT2D eigenvalue weighted by atomic mass is 14.4. The van der Waals surface area contributed by atoms with Crippen LogP contribution in [0.5, 0.6) is 0 Å². The van der Waals surface area contributed by atoms with Crippen LogP contribution in [0.4, 0.5) is 0 Å². The van der Waals surface area contributed by atoms with E-state index in [0.717, 1.165) is 0 Å². The van der Waals surface area contributed by atoms with Crippen LogP contribution in [-0.2, 0) is 10.8 Å². The second kappa shape index (κ2) is 11.4. The second-order valence-electron chi connectivity index (χ2n) is 15.9. The van der Waals surface area contributed by atoms with Gasteiger partial charge < -0.3 is 0 Å². The normalized spacial score (nSPS) is 14.2. The van der Waals surface area contributed by atoms with E-state index >= 15 is 0 Å². The van der Waals surface area contributed by atoms with Crippen LogP contribution in [0.2, 0.25) is 0 Å². The molecule has 0 atom stereocenters. The predicted octanol–water partition coefficient (Wildman–Crippen LogP) is 13.3. The van der Waals surface area contributed by atoms with E-state index in [9.17, 15) is 10.5 Å². The quantitative estimate of drug-likeness (QED) is 0.173. The maximum absolute atomic E-state index is 9.73. The van der Waals surface area contributed by atoms with Gasteiger partial charge in [-0.15, -0.1) is 0 Å². The second-order valence-corrected chi connectivity index (χ2v) is 15.9. The van der Waals surface area contributed by atoms with Gasteiger partial charge in [-0.2, -0.15) is 10.5 Å². The molecule has 0 radical (unpaired) electrons. The molecule has 0 N–H and O–H groups in total. The molecule has 8 aromatic carbocycles. The van der Waals surface area contributed by atoms with Gasteiger partial charge in [0.1, 0.15) is 0 Å². The first-order valence-corrected chi connectivity index (χ1v) is 18.6. The van der Waals surface area contributed by atoms with E-state index in [-0.39, 0.29) is 10.8 Å². The molecule has 0 aliphatic heterocycles. The van der Waals surface area contributed by atoms with Gasteiger partial charge in [-0.3, -0.25) is 0 Å². The van der Waals surface area contributed by atoms with E-state index in [1.54, 1.807) is 0 Å². The first-order valence-electron chi connectivity index (χ1n) is 18.6. The van der Waals surface area contributed by atoms with Gasteiger partial charge in [0.05, 0.1) is 23.3 Å². The molecule has 2 heteroatoms. The van der Waals surface area contributed by atoms with E-state index in [1.165, 1.54) is 99.4 Å². The van der Waals surface area contributed by atoms with Crippen LogP contribution in [0.3, 0.4) is 0 Å². The van der Waals surface area contributed by atoms with E-state index in [1.807, 2.05) is 12.1 Å². The molecule has 0 saturated carbocycles. The fraction of sp³-hybridized carbons (Fsp3) is 0.115. The van der Waals surface area contributed by atoms with Crippen molar-refractivity contribution in [1.82, 2.24) is 0 Å². The summed E-state index contributed by atoms with van der Waals surface area (Å²) < 4.78 is 0. The molecule has 0 heterocycles. The number of hydrogen-bond acceptors (Lipinski definition) is 2. The first-order chi connectivity index (χ1) is 26.2. The van der Waals surface area contributed by atoms with Crippen LogP contribution in [0.1, 0.15) is 61.1 Å². The summed E-state index contributed by atoms with van der Waals surface area (Å²) in [5, 5.41) is 24.3. The number of fused-ring (bicyclic) bond motifs is 8. The largest absolute Gasteiger partial charge is 0.192 e. The Morgan fingerprint density at radius 2 is 0.759 bits per heavy atom. The fourth-order valence-electron chi connectivity index (χ4n) is 9.53. The SMILES string of the molecule is CC1(C)c2cc(C#N)ccc2-c2ccc(-c3ccc4c(-c5ccccc5)c5ccccc5c(-c5ccc6c(c5)C(C)(C)c5cc(C#N)ccc5-6)c4c3)cc21. The third-order valence-corrected chi connectivity index (χ3v) is 12.3. The highest BCUT2D eigenvalue weighted by Gasteiger charge is 2.37. The van der Waals surface area contributed by atoms with Crippen molar-refractivity contribution in [3.8, 4) is 67.8 Å². The third kappa shape index (κ3) is 4.44. The van der Waals surface area contributed by atoms with E-state index in [2.05, 4.69) is 173 Å². The highest BCUT2D eigenvalue weighted by Crippen LogP contribution is 2.53. The number of benzene rings is 8. The molecular weight excluding hydrogens is 653 g/mol. The molecule has 0 amide bonds. The summed E-state index contributed by atoms with van der Waals surface area (Å²) in [5.41, 5.74) is 18.0. The van der Waals surface area contributed by atoms with Gasteiger partial charge >= 0.3 is 0 Å². The Morgan fingerprint density at radius 1 is 0.352 bits per heavy atom. The first kappa shape index (κ1) is 32.0. The van der Waals surface area contributed by atoms with Crippen LogP contribution >= 0.6 is 0 Å². The smallest absolute Gasteiger partial charge is 0.0991 e. The maximum Gasteiger partial charge on any atom is 0.0991 e. The minimum absolute atomic E-state index is 0.227. The molecule has 2 aliphatic rings. The average molecular weight is 689 g/mol. The standard InChI is InChI=1S/C52H36N2/c1-51(2)45-24-31(29-53)14-19-37(45)39-21-16-35(27-47(39)51)34-17-23-43-44(26-34)50(42-13-9-8-12-41(42)49(43)33-10-6-5-7-11-33)36-18-22-40-38-20-15-32(30-54)25-46(38)52(3,4)48(40)28-36/h5-28H,1-4H3. The Balaban J connectivity index is 1.23. The minimum Gasteiger partial charge on any atom is -0.192 e. The number of nitrogens with zero attached hydrogens (tertiary/aromatic N) is 2. The van der Waals surface area contributed by atoms with Gasteiger partial charge in [0.25, 0.3) is 0 Å². The Kier molecular flexibility index (Phi) is 6.73. The van der Waals surface area contributed by atoms with Crippen molar-refractivity contribution < 1.29 is 0 Å². The lowest BCUT2D eigenvalue weighted by atomic mass is 9.79. The summed E-state index contributed by atoms with van der Waals surface area (Å²) in [7, 11) is 0. The molecule has 0 saturated heterocycles. The number of rotatable bonds is 3. The van der Waals surface area contributed by atoms with Gasteiger partial charge in [0.2, 0.25) is 0 Å². The van der Waals surface area contributed by atoms with Gasteiger partial charge in [0.15, 0.2) is 0 Å². The molecule has 0 spiro atoms. The van der Waals surface area contributed by atoms with Crippen molar-refractivity contribution in [3.05, 3.63) is 179 Å². The lowest BCUT2D eigenvalue weighted by Crippen LogP contribution is -2.15. The van der Waals surface area contributed by atoms with E-state index < -0.39 is 0 Å². The molecule has 10 rings (SSSR count). The average Bonchev–Trinajstić information content (AvgIpc) is 3.57. The summed E-state index contributed by atoms with van der Waals surface area (Å²) in [6, 6.07) is 57.4. The molecule has 0 fully saturated rings. The highest BCUT2D eigenvalue weighted by molar-refractivity contribution is 6.22. The summed E-state index contributed by atoms with van der Waals surface area (Å²) >= 11 is 0. The Labute approximate surface area is 316 Å².